The normalized spacial score (nSPS) is 19.2. The van der Waals surface area contributed by atoms with E-state index in [0.717, 1.165) is 12.0 Å². The zero-order valence-electron chi connectivity index (χ0n) is 15.5. The summed E-state index contributed by atoms with van der Waals surface area (Å²) in [5, 5.41) is 8.61. The van der Waals surface area contributed by atoms with Crippen LogP contribution in [0, 0.1) is 11.3 Å². The first kappa shape index (κ1) is 19.3. The number of hydrogen-bond donors (Lipinski definition) is 1. The predicted octanol–water partition coefficient (Wildman–Crippen LogP) is 3.71. The SMILES string of the molecule is CN(Cc1ccc(OCC(=O)O)cc1)C(=O)CC1CCCCC1(C)C. The largest absolute Gasteiger partial charge is 0.482 e. The number of rotatable bonds is 7. The molecule has 1 aromatic carbocycles. The highest BCUT2D eigenvalue weighted by molar-refractivity contribution is 5.76. The van der Waals surface area contributed by atoms with E-state index in [0.29, 0.717) is 24.6 Å². The number of hydrogen-bond acceptors (Lipinski definition) is 3. The maximum Gasteiger partial charge on any atom is 0.341 e. The van der Waals surface area contributed by atoms with Crippen LogP contribution in [0.5, 0.6) is 5.75 Å². The lowest BCUT2D eigenvalue weighted by Crippen LogP contribution is -2.34. The summed E-state index contributed by atoms with van der Waals surface area (Å²) >= 11 is 0. The molecule has 0 radical (unpaired) electrons. The van der Waals surface area contributed by atoms with Gasteiger partial charge in [0, 0.05) is 20.0 Å². The lowest BCUT2D eigenvalue weighted by atomic mass is 9.67. The van der Waals surface area contributed by atoms with Crippen molar-refractivity contribution in [1.29, 1.82) is 0 Å². The van der Waals surface area contributed by atoms with Crippen LogP contribution in [-0.2, 0) is 16.1 Å². The Labute approximate surface area is 150 Å². The first-order chi connectivity index (χ1) is 11.8. The predicted molar refractivity (Wildman–Crippen MR) is 96.4 cm³/mol. The van der Waals surface area contributed by atoms with E-state index in [9.17, 15) is 9.59 Å². The van der Waals surface area contributed by atoms with Crippen molar-refractivity contribution in [1.82, 2.24) is 4.90 Å². The Morgan fingerprint density at radius 3 is 2.52 bits per heavy atom. The average molecular weight is 347 g/mol. The summed E-state index contributed by atoms with van der Waals surface area (Å²) in [5.41, 5.74) is 1.25. The van der Waals surface area contributed by atoms with Gasteiger partial charge in [0.2, 0.25) is 5.91 Å². The fraction of sp³-hybridized carbons (Fsp3) is 0.600. The minimum atomic E-state index is -1.000. The van der Waals surface area contributed by atoms with Gasteiger partial charge in [0.1, 0.15) is 5.75 Å². The van der Waals surface area contributed by atoms with Crippen LogP contribution in [0.3, 0.4) is 0 Å². The summed E-state index contributed by atoms with van der Waals surface area (Å²) < 4.78 is 5.12. The van der Waals surface area contributed by atoms with E-state index >= 15 is 0 Å². The quantitative estimate of drug-likeness (QED) is 0.816. The molecule has 0 aliphatic heterocycles. The number of carbonyl (C=O) groups is 2. The Bertz CT molecular complexity index is 594. The zero-order chi connectivity index (χ0) is 18.4. The monoisotopic (exact) mass is 347 g/mol. The van der Waals surface area contributed by atoms with E-state index in [2.05, 4.69) is 13.8 Å². The van der Waals surface area contributed by atoms with E-state index in [-0.39, 0.29) is 17.9 Å². The number of carboxylic acids is 1. The van der Waals surface area contributed by atoms with Gasteiger partial charge in [0.15, 0.2) is 6.61 Å². The maximum atomic E-state index is 12.6. The molecule has 1 aliphatic rings. The summed E-state index contributed by atoms with van der Waals surface area (Å²) in [6.45, 7) is 4.75. The summed E-state index contributed by atoms with van der Waals surface area (Å²) in [4.78, 5) is 24.9. The minimum Gasteiger partial charge on any atom is -0.482 e. The molecule has 1 atom stereocenters. The Morgan fingerprint density at radius 1 is 1.24 bits per heavy atom. The van der Waals surface area contributed by atoms with Crippen LogP contribution in [0.2, 0.25) is 0 Å². The van der Waals surface area contributed by atoms with E-state index in [4.69, 9.17) is 9.84 Å². The molecule has 5 heteroatoms. The Hall–Kier alpha value is -2.04. The molecule has 1 N–H and O–H groups in total. The van der Waals surface area contributed by atoms with Crippen LogP contribution in [0.1, 0.15) is 51.5 Å². The Kier molecular flexibility index (Phi) is 6.45. The second-order valence-corrected chi connectivity index (χ2v) is 7.71. The zero-order valence-corrected chi connectivity index (χ0v) is 15.5. The first-order valence-corrected chi connectivity index (χ1v) is 8.95. The van der Waals surface area contributed by atoms with Crippen molar-refractivity contribution < 1.29 is 19.4 Å². The maximum absolute atomic E-state index is 12.6. The lowest BCUT2D eigenvalue weighted by molar-refractivity contribution is -0.139. The van der Waals surface area contributed by atoms with Gasteiger partial charge in [0.05, 0.1) is 0 Å². The molecule has 1 fully saturated rings. The van der Waals surface area contributed by atoms with Crippen molar-refractivity contribution in [3.63, 3.8) is 0 Å². The van der Waals surface area contributed by atoms with Gasteiger partial charge in [-0.1, -0.05) is 38.8 Å². The third-order valence-corrected chi connectivity index (χ3v) is 5.28. The molecule has 138 valence electrons. The van der Waals surface area contributed by atoms with Gasteiger partial charge in [0.25, 0.3) is 0 Å². The summed E-state index contributed by atoms with van der Waals surface area (Å²) in [5.74, 6) is 0.165. The van der Waals surface area contributed by atoms with Crippen LogP contribution in [-0.4, -0.2) is 35.5 Å². The highest BCUT2D eigenvalue weighted by atomic mass is 16.5. The fourth-order valence-electron chi connectivity index (χ4n) is 3.51. The molecule has 1 unspecified atom stereocenters. The second kappa shape index (κ2) is 8.37. The van der Waals surface area contributed by atoms with E-state index < -0.39 is 5.97 Å². The van der Waals surface area contributed by atoms with E-state index in [1.165, 1.54) is 19.3 Å². The highest BCUT2D eigenvalue weighted by Crippen LogP contribution is 2.42. The number of aliphatic carboxylic acids is 1. The number of benzene rings is 1. The first-order valence-electron chi connectivity index (χ1n) is 8.95. The molecule has 2 rings (SSSR count). The molecule has 25 heavy (non-hydrogen) atoms. The van der Waals surface area contributed by atoms with Crippen LogP contribution in [0.25, 0.3) is 0 Å². The summed E-state index contributed by atoms with van der Waals surface area (Å²) in [7, 11) is 1.84. The number of nitrogens with zero attached hydrogens (tertiary/aromatic N) is 1. The lowest BCUT2D eigenvalue weighted by Gasteiger charge is -2.39. The fourth-order valence-corrected chi connectivity index (χ4v) is 3.51. The molecule has 5 nitrogen and oxygen atoms in total. The molecule has 0 heterocycles. The van der Waals surface area contributed by atoms with Gasteiger partial charge >= 0.3 is 5.97 Å². The smallest absolute Gasteiger partial charge is 0.341 e. The Balaban J connectivity index is 1.87. The van der Waals surface area contributed by atoms with Gasteiger partial charge in [-0.25, -0.2) is 4.79 Å². The van der Waals surface area contributed by atoms with Crippen molar-refractivity contribution >= 4 is 11.9 Å². The van der Waals surface area contributed by atoms with Gasteiger partial charge in [-0.05, 0) is 41.9 Å². The van der Waals surface area contributed by atoms with Crippen LogP contribution < -0.4 is 4.74 Å². The number of amides is 1. The molecule has 0 saturated heterocycles. The van der Waals surface area contributed by atoms with Crippen LogP contribution in [0.15, 0.2) is 24.3 Å². The molecular weight excluding hydrogens is 318 g/mol. The molecule has 1 saturated carbocycles. The molecule has 0 bridgehead atoms. The molecule has 0 spiro atoms. The highest BCUT2D eigenvalue weighted by Gasteiger charge is 2.34. The third kappa shape index (κ3) is 5.76. The summed E-state index contributed by atoms with van der Waals surface area (Å²) in [6.07, 6.45) is 5.45. The average Bonchev–Trinajstić information content (AvgIpc) is 2.56. The van der Waals surface area contributed by atoms with Gasteiger partial charge in [-0.15, -0.1) is 0 Å². The molecule has 1 amide bonds. The molecular formula is C20H29NO4. The van der Waals surface area contributed by atoms with Gasteiger partial charge in [-0.2, -0.15) is 0 Å². The van der Waals surface area contributed by atoms with Crippen molar-refractivity contribution in [2.24, 2.45) is 11.3 Å². The van der Waals surface area contributed by atoms with E-state index in [1.807, 2.05) is 19.2 Å². The van der Waals surface area contributed by atoms with Gasteiger partial charge in [-0.3, -0.25) is 4.79 Å². The summed E-state index contributed by atoms with van der Waals surface area (Å²) in [6, 6.07) is 7.21. The minimum absolute atomic E-state index is 0.186. The number of carbonyl (C=O) groups excluding carboxylic acids is 1. The number of ether oxygens (including phenoxy) is 1. The van der Waals surface area contributed by atoms with Crippen molar-refractivity contribution in [3.8, 4) is 5.75 Å². The van der Waals surface area contributed by atoms with Crippen molar-refractivity contribution in [2.75, 3.05) is 13.7 Å². The standard InChI is InChI=1S/C20H29NO4/c1-20(2)11-5-4-6-16(20)12-18(22)21(3)13-15-7-9-17(10-8-15)25-14-19(23)24/h7-10,16H,4-6,11-14H2,1-3H3,(H,23,24). The number of carboxylic acid groups (broad SMARTS) is 1. The van der Waals surface area contributed by atoms with Gasteiger partial charge < -0.3 is 14.7 Å². The van der Waals surface area contributed by atoms with E-state index in [1.54, 1.807) is 17.0 Å². The Morgan fingerprint density at radius 2 is 1.92 bits per heavy atom. The van der Waals surface area contributed by atoms with Crippen LogP contribution >= 0.6 is 0 Å². The molecule has 0 aromatic heterocycles. The second-order valence-electron chi connectivity index (χ2n) is 7.71. The molecule has 1 aliphatic carbocycles. The van der Waals surface area contributed by atoms with Crippen molar-refractivity contribution in [2.45, 2.75) is 52.5 Å². The van der Waals surface area contributed by atoms with Crippen molar-refractivity contribution in [3.05, 3.63) is 29.8 Å². The molecule has 1 aromatic rings. The topological polar surface area (TPSA) is 66.8 Å². The third-order valence-electron chi connectivity index (χ3n) is 5.28. The van der Waals surface area contributed by atoms with Crippen LogP contribution in [0.4, 0.5) is 0 Å².